The van der Waals surface area contributed by atoms with Gasteiger partial charge in [0.2, 0.25) is 0 Å². The third kappa shape index (κ3) is 3.93. The van der Waals surface area contributed by atoms with Gasteiger partial charge in [0.25, 0.3) is 5.91 Å². The predicted octanol–water partition coefficient (Wildman–Crippen LogP) is 4.78. The highest BCUT2D eigenvalue weighted by molar-refractivity contribution is 9.10. The Balaban J connectivity index is 1.55. The summed E-state index contributed by atoms with van der Waals surface area (Å²) < 4.78 is 0.928. The fourth-order valence-corrected chi connectivity index (χ4v) is 2.88. The molecule has 2 aromatic carbocycles. The van der Waals surface area contributed by atoms with Gasteiger partial charge in [-0.1, -0.05) is 22.0 Å². The summed E-state index contributed by atoms with van der Waals surface area (Å²) in [6.45, 7) is 0. The zero-order valence-electron chi connectivity index (χ0n) is 14.1. The molecule has 0 spiro atoms. The van der Waals surface area contributed by atoms with Gasteiger partial charge in [-0.05, 0) is 54.6 Å². The SMILES string of the molecule is O=C(Nc1cccc(Nc2ncnc3ncccc23)c1)c1ccc(Br)cc1. The lowest BCUT2D eigenvalue weighted by Crippen LogP contribution is -2.11. The third-order valence-corrected chi connectivity index (χ3v) is 4.43. The third-order valence-electron chi connectivity index (χ3n) is 3.90. The van der Waals surface area contributed by atoms with Crippen LogP contribution >= 0.6 is 15.9 Å². The lowest BCUT2D eigenvalue weighted by Gasteiger charge is -2.10. The summed E-state index contributed by atoms with van der Waals surface area (Å²) in [4.78, 5) is 25.1. The van der Waals surface area contributed by atoms with E-state index in [0.717, 1.165) is 15.5 Å². The smallest absolute Gasteiger partial charge is 0.255 e. The molecule has 2 heterocycles. The van der Waals surface area contributed by atoms with E-state index in [9.17, 15) is 4.79 Å². The van der Waals surface area contributed by atoms with Crippen molar-refractivity contribution < 1.29 is 4.79 Å². The van der Waals surface area contributed by atoms with Gasteiger partial charge in [-0.2, -0.15) is 0 Å². The molecule has 0 aliphatic heterocycles. The molecular weight excluding hydrogens is 406 g/mol. The molecular formula is C20H14BrN5O. The number of fused-ring (bicyclic) bond motifs is 1. The average molecular weight is 420 g/mol. The number of carbonyl (C=O) groups excluding carboxylic acids is 1. The van der Waals surface area contributed by atoms with E-state index in [1.807, 2.05) is 48.5 Å². The first-order valence-electron chi connectivity index (χ1n) is 8.19. The van der Waals surface area contributed by atoms with E-state index < -0.39 is 0 Å². The van der Waals surface area contributed by atoms with Crippen LogP contribution in [0.15, 0.2) is 77.7 Å². The van der Waals surface area contributed by atoms with Crippen molar-refractivity contribution in [2.75, 3.05) is 10.6 Å². The molecule has 0 atom stereocenters. The minimum Gasteiger partial charge on any atom is -0.340 e. The minimum atomic E-state index is -0.170. The number of hydrogen-bond donors (Lipinski definition) is 2. The first kappa shape index (κ1) is 17.1. The number of halogens is 1. The van der Waals surface area contributed by atoms with E-state index in [-0.39, 0.29) is 5.91 Å². The first-order chi connectivity index (χ1) is 13.2. The second-order valence-corrected chi connectivity index (χ2v) is 6.68. The molecule has 4 aromatic rings. The molecule has 0 fully saturated rings. The van der Waals surface area contributed by atoms with Crippen molar-refractivity contribution in [3.05, 3.63) is 83.2 Å². The van der Waals surface area contributed by atoms with E-state index in [1.54, 1.807) is 18.3 Å². The van der Waals surface area contributed by atoms with Gasteiger partial charge in [0, 0.05) is 27.6 Å². The largest absolute Gasteiger partial charge is 0.340 e. The highest BCUT2D eigenvalue weighted by Crippen LogP contribution is 2.23. The molecule has 0 unspecified atom stereocenters. The van der Waals surface area contributed by atoms with Gasteiger partial charge in [-0.25, -0.2) is 15.0 Å². The average Bonchev–Trinajstić information content (AvgIpc) is 2.69. The monoisotopic (exact) mass is 419 g/mol. The molecule has 7 heteroatoms. The maximum atomic E-state index is 12.4. The Kier molecular flexibility index (Phi) is 4.76. The number of pyridine rings is 1. The van der Waals surface area contributed by atoms with Crippen LogP contribution < -0.4 is 10.6 Å². The number of aromatic nitrogens is 3. The highest BCUT2D eigenvalue weighted by Gasteiger charge is 2.08. The summed E-state index contributed by atoms with van der Waals surface area (Å²) >= 11 is 3.36. The number of amides is 1. The van der Waals surface area contributed by atoms with Crippen molar-refractivity contribution >= 4 is 50.1 Å². The van der Waals surface area contributed by atoms with Crippen LogP contribution in [0.5, 0.6) is 0 Å². The van der Waals surface area contributed by atoms with Crippen molar-refractivity contribution in [2.24, 2.45) is 0 Å². The molecule has 132 valence electrons. The number of benzene rings is 2. The molecule has 0 saturated heterocycles. The fourth-order valence-electron chi connectivity index (χ4n) is 2.61. The number of nitrogens with zero attached hydrogens (tertiary/aromatic N) is 3. The number of carbonyl (C=O) groups is 1. The quantitative estimate of drug-likeness (QED) is 0.497. The maximum Gasteiger partial charge on any atom is 0.255 e. The number of hydrogen-bond acceptors (Lipinski definition) is 5. The van der Waals surface area contributed by atoms with E-state index >= 15 is 0 Å². The summed E-state index contributed by atoms with van der Waals surface area (Å²) in [5.41, 5.74) is 2.69. The van der Waals surface area contributed by atoms with Gasteiger partial charge in [-0.15, -0.1) is 0 Å². The minimum absolute atomic E-state index is 0.170. The van der Waals surface area contributed by atoms with Crippen molar-refractivity contribution in [1.82, 2.24) is 15.0 Å². The Hall–Kier alpha value is -3.32. The van der Waals surface area contributed by atoms with Gasteiger partial charge < -0.3 is 10.6 Å². The molecule has 0 radical (unpaired) electrons. The molecule has 0 saturated carbocycles. The molecule has 2 N–H and O–H groups in total. The van der Waals surface area contributed by atoms with Gasteiger partial charge in [0.1, 0.15) is 12.1 Å². The predicted molar refractivity (Wildman–Crippen MR) is 109 cm³/mol. The molecule has 1 amide bonds. The normalized spacial score (nSPS) is 10.6. The number of rotatable bonds is 4. The summed E-state index contributed by atoms with van der Waals surface area (Å²) in [6.07, 6.45) is 3.16. The first-order valence-corrected chi connectivity index (χ1v) is 8.98. The lowest BCUT2D eigenvalue weighted by atomic mass is 10.2. The fraction of sp³-hybridized carbons (Fsp3) is 0. The van der Waals surface area contributed by atoms with Crippen LogP contribution in [-0.2, 0) is 0 Å². The molecule has 0 aliphatic rings. The Morgan fingerprint density at radius 2 is 1.70 bits per heavy atom. The van der Waals surface area contributed by atoms with Crippen molar-refractivity contribution in [3.8, 4) is 0 Å². The molecule has 6 nitrogen and oxygen atoms in total. The summed E-state index contributed by atoms with van der Waals surface area (Å²) in [7, 11) is 0. The van der Waals surface area contributed by atoms with Crippen LogP contribution in [0.4, 0.5) is 17.2 Å². The second kappa shape index (κ2) is 7.51. The molecule has 27 heavy (non-hydrogen) atoms. The van der Waals surface area contributed by atoms with Crippen molar-refractivity contribution in [3.63, 3.8) is 0 Å². The summed E-state index contributed by atoms with van der Waals surface area (Å²) in [5, 5.41) is 6.98. The topological polar surface area (TPSA) is 79.8 Å². The summed E-state index contributed by atoms with van der Waals surface area (Å²) in [6, 6.07) is 18.4. The second-order valence-electron chi connectivity index (χ2n) is 5.76. The van der Waals surface area contributed by atoms with E-state index in [4.69, 9.17) is 0 Å². The molecule has 4 rings (SSSR count). The standard InChI is InChI=1S/C20H14BrN5O/c21-14-8-6-13(7-9-14)20(27)26-16-4-1-3-15(11-16)25-19-17-5-2-10-22-18(17)23-12-24-19/h1-12H,(H,26,27)(H,22,23,24,25). The zero-order valence-corrected chi connectivity index (χ0v) is 15.6. The van der Waals surface area contributed by atoms with Crippen LogP contribution in [0.3, 0.4) is 0 Å². The zero-order chi connectivity index (χ0) is 18.6. The van der Waals surface area contributed by atoms with Crippen molar-refractivity contribution in [2.45, 2.75) is 0 Å². The van der Waals surface area contributed by atoms with Gasteiger partial charge >= 0.3 is 0 Å². The van der Waals surface area contributed by atoms with E-state index in [1.165, 1.54) is 6.33 Å². The Bertz CT molecular complexity index is 1110. The van der Waals surface area contributed by atoms with E-state index in [2.05, 4.69) is 41.5 Å². The molecule has 0 bridgehead atoms. The van der Waals surface area contributed by atoms with Gasteiger partial charge in [0.15, 0.2) is 5.65 Å². The van der Waals surface area contributed by atoms with Crippen LogP contribution in [0.2, 0.25) is 0 Å². The Morgan fingerprint density at radius 3 is 2.56 bits per heavy atom. The summed E-state index contributed by atoms with van der Waals surface area (Å²) in [5.74, 6) is 0.487. The highest BCUT2D eigenvalue weighted by atomic mass is 79.9. The number of anilines is 3. The maximum absolute atomic E-state index is 12.4. The van der Waals surface area contributed by atoms with Crippen molar-refractivity contribution in [1.29, 1.82) is 0 Å². The lowest BCUT2D eigenvalue weighted by molar-refractivity contribution is 0.102. The molecule has 2 aromatic heterocycles. The van der Waals surface area contributed by atoms with Gasteiger partial charge in [0.05, 0.1) is 5.39 Å². The molecule has 0 aliphatic carbocycles. The Morgan fingerprint density at radius 1 is 0.889 bits per heavy atom. The van der Waals surface area contributed by atoms with Crippen LogP contribution in [-0.4, -0.2) is 20.9 Å². The van der Waals surface area contributed by atoms with Gasteiger partial charge in [-0.3, -0.25) is 4.79 Å². The van der Waals surface area contributed by atoms with Crippen LogP contribution in [0.25, 0.3) is 11.0 Å². The Labute approximate surface area is 163 Å². The van der Waals surface area contributed by atoms with Crippen LogP contribution in [0, 0.1) is 0 Å². The van der Waals surface area contributed by atoms with E-state index in [0.29, 0.717) is 22.7 Å². The van der Waals surface area contributed by atoms with Crippen LogP contribution in [0.1, 0.15) is 10.4 Å². The number of nitrogens with one attached hydrogen (secondary N) is 2.